The number of halogens is 1. The molecule has 2 heteroatoms. The highest BCUT2D eigenvalue weighted by atomic mass is 19.1. The van der Waals surface area contributed by atoms with E-state index in [9.17, 15) is 4.39 Å². The topological polar surface area (TPSA) is 3.24 Å². The van der Waals surface area contributed by atoms with Crippen LogP contribution in [0.15, 0.2) is 0 Å². The molecule has 0 radical (unpaired) electrons. The van der Waals surface area contributed by atoms with Crippen LogP contribution in [-0.4, -0.2) is 31.2 Å². The second-order valence-electron chi connectivity index (χ2n) is 3.97. The van der Waals surface area contributed by atoms with Gasteiger partial charge in [0.05, 0.1) is 0 Å². The summed E-state index contributed by atoms with van der Waals surface area (Å²) in [5, 5.41) is 0. The largest absolute Gasteiger partial charge is 0.303 e. The van der Waals surface area contributed by atoms with Gasteiger partial charge < -0.3 is 4.90 Å². The van der Waals surface area contributed by atoms with E-state index < -0.39 is 6.17 Å². The molecule has 1 aliphatic heterocycles. The van der Waals surface area contributed by atoms with Gasteiger partial charge in [-0.15, -0.1) is 0 Å². The molecule has 11 heavy (non-hydrogen) atoms. The molecule has 0 aromatic heterocycles. The standard InChI is InChI=1S/C9H18FN/c1-7(2)8-4-5-11(3)6-9(8)10/h7-9H,4-6H2,1-3H3. The molecule has 2 unspecified atom stereocenters. The third-order valence-electron chi connectivity index (χ3n) is 2.65. The molecule has 1 rings (SSSR count). The van der Waals surface area contributed by atoms with E-state index in [1.54, 1.807) is 0 Å². The Balaban J connectivity index is 2.44. The van der Waals surface area contributed by atoms with Crippen molar-refractivity contribution in [2.24, 2.45) is 11.8 Å². The summed E-state index contributed by atoms with van der Waals surface area (Å²) in [4.78, 5) is 2.07. The summed E-state index contributed by atoms with van der Waals surface area (Å²) in [7, 11) is 1.99. The van der Waals surface area contributed by atoms with E-state index in [2.05, 4.69) is 18.7 Å². The van der Waals surface area contributed by atoms with Gasteiger partial charge in [0.15, 0.2) is 0 Å². The highest BCUT2D eigenvalue weighted by Gasteiger charge is 2.29. The van der Waals surface area contributed by atoms with Crippen molar-refractivity contribution >= 4 is 0 Å². The fourth-order valence-electron chi connectivity index (χ4n) is 1.83. The molecule has 1 nitrogen and oxygen atoms in total. The van der Waals surface area contributed by atoms with Crippen molar-refractivity contribution in [3.8, 4) is 0 Å². The van der Waals surface area contributed by atoms with Gasteiger partial charge in [-0.3, -0.25) is 0 Å². The monoisotopic (exact) mass is 159 g/mol. The molecule has 0 aliphatic carbocycles. The van der Waals surface area contributed by atoms with Crippen LogP contribution >= 0.6 is 0 Å². The number of hydrogen-bond acceptors (Lipinski definition) is 1. The van der Waals surface area contributed by atoms with Crippen molar-refractivity contribution in [1.29, 1.82) is 0 Å². The Labute approximate surface area is 68.6 Å². The first kappa shape index (κ1) is 8.98. The summed E-state index contributed by atoms with van der Waals surface area (Å²) in [5.74, 6) is 0.796. The Bertz CT molecular complexity index is 125. The van der Waals surface area contributed by atoms with E-state index in [1.807, 2.05) is 7.05 Å². The third kappa shape index (κ3) is 2.16. The van der Waals surface area contributed by atoms with E-state index in [-0.39, 0.29) is 0 Å². The van der Waals surface area contributed by atoms with Gasteiger partial charge in [0, 0.05) is 6.54 Å². The van der Waals surface area contributed by atoms with Gasteiger partial charge >= 0.3 is 0 Å². The van der Waals surface area contributed by atoms with Crippen molar-refractivity contribution in [2.45, 2.75) is 26.4 Å². The summed E-state index contributed by atoms with van der Waals surface area (Å²) < 4.78 is 13.3. The van der Waals surface area contributed by atoms with Crippen LogP contribution in [0.4, 0.5) is 4.39 Å². The van der Waals surface area contributed by atoms with Crippen LogP contribution in [0.3, 0.4) is 0 Å². The number of hydrogen-bond donors (Lipinski definition) is 0. The molecular weight excluding hydrogens is 141 g/mol. The minimum atomic E-state index is -0.603. The van der Waals surface area contributed by atoms with Gasteiger partial charge in [-0.25, -0.2) is 4.39 Å². The smallest absolute Gasteiger partial charge is 0.116 e. The van der Waals surface area contributed by atoms with Crippen LogP contribution in [-0.2, 0) is 0 Å². The summed E-state index contributed by atoms with van der Waals surface area (Å²) in [6, 6.07) is 0. The summed E-state index contributed by atoms with van der Waals surface area (Å²) in [6.07, 6.45) is 0.420. The molecule has 1 fully saturated rings. The number of nitrogens with zero attached hydrogens (tertiary/aromatic N) is 1. The highest BCUT2D eigenvalue weighted by Crippen LogP contribution is 2.26. The number of rotatable bonds is 1. The Morgan fingerprint density at radius 2 is 2.09 bits per heavy atom. The maximum atomic E-state index is 13.3. The Morgan fingerprint density at radius 1 is 1.45 bits per heavy atom. The lowest BCUT2D eigenvalue weighted by Gasteiger charge is -2.34. The number of piperidine rings is 1. The zero-order valence-corrected chi connectivity index (χ0v) is 7.68. The quantitative estimate of drug-likeness (QED) is 0.565. The normalized spacial score (nSPS) is 34.6. The molecule has 0 bridgehead atoms. The fraction of sp³-hybridized carbons (Fsp3) is 1.00. The van der Waals surface area contributed by atoms with Crippen molar-refractivity contribution in [1.82, 2.24) is 4.90 Å². The average molecular weight is 159 g/mol. The molecule has 0 amide bonds. The predicted octanol–water partition coefficient (Wildman–Crippen LogP) is 1.93. The second kappa shape index (κ2) is 3.53. The average Bonchev–Trinajstić information content (AvgIpc) is 1.85. The summed E-state index contributed by atoms with van der Waals surface area (Å²) in [6.45, 7) is 5.91. The lowest BCUT2D eigenvalue weighted by Crippen LogP contribution is -2.41. The van der Waals surface area contributed by atoms with Gasteiger partial charge in [-0.05, 0) is 31.8 Å². The lowest BCUT2D eigenvalue weighted by molar-refractivity contribution is 0.0758. The first-order valence-electron chi connectivity index (χ1n) is 4.44. The molecule has 1 saturated heterocycles. The van der Waals surface area contributed by atoms with Crippen LogP contribution in [0.2, 0.25) is 0 Å². The van der Waals surface area contributed by atoms with Gasteiger partial charge in [-0.2, -0.15) is 0 Å². The van der Waals surface area contributed by atoms with Crippen LogP contribution < -0.4 is 0 Å². The molecule has 1 aliphatic rings. The Kier molecular flexibility index (Phi) is 2.88. The van der Waals surface area contributed by atoms with E-state index in [4.69, 9.17) is 0 Å². The molecule has 0 aromatic rings. The second-order valence-corrected chi connectivity index (χ2v) is 3.97. The van der Waals surface area contributed by atoms with Crippen molar-refractivity contribution in [2.75, 3.05) is 20.1 Å². The van der Waals surface area contributed by atoms with Gasteiger partial charge in [0.1, 0.15) is 6.17 Å². The van der Waals surface area contributed by atoms with Crippen LogP contribution in [0.1, 0.15) is 20.3 Å². The maximum absolute atomic E-state index is 13.3. The van der Waals surface area contributed by atoms with Gasteiger partial charge in [0.25, 0.3) is 0 Å². The summed E-state index contributed by atoms with van der Waals surface area (Å²) >= 11 is 0. The van der Waals surface area contributed by atoms with Crippen LogP contribution in [0, 0.1) is 11.8 Å². The molecule has 0 saturated carbocycles. The van der Waals surface area contributed by atoms with Crippen molar-refractivity contribution < 1.29 is 4.39 Å². The molecule has 1 heterocycles. The predicted molar refractivity (Wildman–Crippen MR) is 45.3 cm³/mol. The number of alkyl halides is 1. The molecule has 2 atom stereocenters. The molecule has 66 valence electrons. The SMILES string of the molecule is CC(C)C1CCN(C)CC1F. The maximum Gasteiger partial charge on any atom is 0.116 e. The highest BCUT2D eigenvalue weighted by molar-refractivity contribution is 4.80. The molecule has 0 spiro atoms. The Hall–Kier alpha value is -0.110. The molecule has 0 aromatic carbocycles. The molecular formula is C9H18FN. The Morgan fingerprint density at radius 3 is 2.55 bits per heavy atom. The summed E-state index contributed by atoms with van der Waals surface area (Å²) in [5.41, 5.74) is 0. The van der Waals surface area contributed by atoms with Gasteiger partial charge in [-0.1, -0.05) is 13.8 Å². The van der Waals surface area contributed by atoms with E-state index in [0.29, 0.717) is 18.4 Å². The van der Waals surface area contributed by atoms with Crippen molar-refractivity contribution in [3.63, 3.8) is 0 Å². The van der Waals surface area contributed by atoms with Crippen LogP contribution in [0.25, 0.3) is 0 Å². The minimum absolute atomic E-state index is 0.297. The van der Waals surface area contributed by atoms with Crippen molar-refractivity contribution in [3.05, 3.63) is 0 Å². The van der Waals surface area contributed by atoms with E-state index in [1.165, 1.54) is 0 Å². The fourth-order valence-corrected chi connectivity index (χ4v) is 1.83. The zero-order valence-electron chi connectivity index (χ0n) is 7.68. The van der Waals surface area contributed by atoms with Crippen LogP contribution in [0.5, 0.6) is 0 Å². The first-order chi connectivity index (χ1) is 5.11. The van der Waals surface area contributed by atoms with Gasteiger partial charge in [0.2, 0.25) is 0 Å². The first-order valence-corrected chi connectivity index (χ1v) is 4.44. The number of likely N-dealkylation sites (tertiary alicyclic amines) is 1. The van der Waals surface area contributed by atoms with E-state index >= 15 is 0 Å². The van der Waals surface area contributed by atoms with E-state index in [0.717, 1.165) is 13.0 Å². The molecule has 0 N–H and O–H groups in total. The third-order valence-corrected chi connectivity index (χ3v) is 2.65. The lowest BCUT2D eigenvalue weighted by atomic mass is 9.85. The minimum Gasteiger partial charge on any atom is -0.303 e. The zero-order chi connectivity index (χ0) is 8.43.